The van der Waals surface area contributed by atoms with Crippen LogP contribution in [0, 0.1) is 17.8 Å². The van der Waals surface area contributed by atoms with Crippen LogP contribution in [0.3, 0.4) is 0 Å². The van der Waals surface area contributed by atoms with E-state index in [1.165, 1.54) is 18.5 Å². The van der Waals surface area contributed by atoms with E-state index < -0.39 is 60.0 Å². The summed E-state index contributed by atoms with van der Waals surface area (Å²) in [5.74, 6) is -2.86. The molecule has 1 aliphatic rings. The lowest BCUT2D eigenvalue weighted by atomic mass is 10.1. The quantitative estimate of drug-likeness (QED) is 0.438. The second-order valence-corrected chi connectivity index (χ2v) is 8.27. The summed E-state index contributed by atoms with van der Waals surface area (Å²) in [4.78, 5) is 52.7. The molecule has 31 heavy (non-hydrogen) atoms. The van der Waals surface area contributed by atoms with E-state index in [2.05, 4.69) is 4.98 Å². The molecule has 0 N–H and O–H groups in total. The van der Waals surface area contributed by atoms with Gasteiger partial charge in [-0.1, -0.05) is 41.5 Å². The van der Waals surface area contributed by atoms with Crippen LogP contribution in [0.15, 0.2) is 23.3 Å². The predicted molar refractivity (Wildman–Crippen MR) is 108 cm³/mol. The summed E-state index contributed by atoms with van der Waals surface area (Å²) >= 11 is 0. The fourth-order valence-corrected chi connectivity index (χ4v) is 2.77. The monoisotopic (exact) mass is 438 g/mol. The van der Waals surface area contributed by atoms with E-state index in [9.17, 15) is 19.2 Å². The van der Waals surface area contributed by atoms with Gasteiger partial charge in [-0.25, -0.2) is 9.78 Å². The fourth-order valence-electron chi connectivity index (χ4n) is 2.77. The maximum absolute atomic E-state index is 12.4. The zero-order chi connectivity index (χ0) is 23.3. The third-order valence-electron chi connectivity index (χ3n) is 4.61. The van der Waals surface area contributed by atoms with Crippen LogP contribution >= 0.6 is 0 Å². The Bertz CT molecular complexity index is 848. The number of carbonyl (C=O) groups is 3. The summed E-state index contributed by atoms with van der Waals surface area (Å²) < 4.78 is 23.6. The number of esters is 3. The van der Waals surface area contributed by atoms with Crippen molar-refractivity contribution in [2.75, 3.05) is 6.61 Å². The van der Waals surface area contributed by atoms with Gasteiger partial charge in [-0.3, -0.25) is 19.0 Å². The molecule has 2 rings (SSSR count). The van der Waals surface area contributed by atoms with Crippen LogP contribution in [0.4, 0.5) is 0 Å². The molecule has 1 aromatic rings. The molecular weight excluding hydrogens is 408 g/mol. The van der Waals surface area contributed by atoms with Gasteiger partial charge in [0.25, 0.3) is 0 Å². The fraction of sp³-hybridized carbons (Fsp3) is 0.667. The third-order valence-corrected chi connectivity index (χ3v) is 4.61. The summed E-state index contributed by atoms with van der Waals surface area (Å²) in [6.45, 7) is 9.74. The van der Waals surface area contributed by atoms with E-state index in [0.717, 1.165) is 4.57 Å². The molecule has 1 unspecified atom stereocenters. The first-order valence-electron chi connectivity index (χ1n) is 10.3. The van der Waals surface area contributed by atoms with Crippen LogP contribution in [0.1, 0.15) is 47.8 Å². The first-order chi connectivity index (χ1) is 14.5. The molecule has 0 radical (unpaired) electrons. The molecule has 0 bridgehead atoms. The molecule has 0 aromatic carbocycles. The van der Waals surface area contributed by atoms with Gasteiger partial charge in [0.2, 0.25) is 0 Å². The molecule has 1 aromatic heterocycles. The lowest BCUT2D eigenvalue weighted by molar-refractivity contribution is -0.173. The van der Waals surface area contributed by atoms with Gasteiger partial charge in [-0.2, -0.15) is 0 Å². The Labute approximate surface area is 180 Å². The van der Waals surface area contributed by atoms with Gasteiger partial charge in [-0.05, 0) is 6.07 Å². The highest BCUT2D eigenvalue weighted by Crippen LogP contribution is 2.34. The van der Waals surface area contributed by atoms with Crippen LogP contribution in [0.5, 0.6) is 0 Å². The normalized spacial score (nSPS) is 23.3. The van der Waals surface area contributed by atoms with Crippen LogP contribution in [-0.4, -0.2) is 52.4 Å². The number of hydrogen-bond donors (Lipinski definition) is 0. The summed E-state index contributed by atoms with van der Waals surface area (Å²) in [6.07, 6.45) is -1.54. The summed E-state index contributed by atoms with van der Waals surface area (Å²) in [7, 11) is 0. The minimum Gasteiger partial charge on any atom is -0.463 e. The van der Waals surface area contributed by atoms with Gasteiger partial charge < -0.3 is 18.9 Å². The second-order valence-electron chi connectivity index (χ2n) is 8.27. The molecule has 10 nitrogen and oxygen atoms in total. The topological polar surface area (TPSA) is 123 Å². The Morgan fingerprint density at radius 2 is 1.52 bits per heavy atom. The molecule has 0 saturated carbocycles. The van der Waals surface area contributed by atoms with E-state index in [1.54, 1.807) is 41.5 Å². The van der Waals surface area contributed by atoms with Crippen LogP contribution in [0.25, 0.3) is 0 Å². The highest BCUT2D eigenvalue weighted by Gasteiger charge is 2.51. The van der Waals surface area contributed by atoms with Crippen molar-refractivity contribution in [3.63, 3.8) is 0 Å². The smallest absolute Gasteiger partial charge is 0.349 e. The first kappa shape index (κ1) is 24.5. The lowest BCUT2D eigenvalue weighted by Crippen LogP contribution is -2.43. The molecule has 1 fully saturated rings. The minimum atomic E-state index is -1.14. The summed E-state index contributed by atoms with van der Waals surface area (Å²) in [5.41, 5.74) is -0.633. The van der Waals surface area contributed by atoms with E-state index in [4.69, 9.17) is 18.9 Å². The average molecular weight is 438 g/mol. The first-order valence-corrected chi connectivity index (χ1v) is 10.3. The number of rotatable bonds is 8. The van der Waals surface area contributed by atoms with Crippen molar-refractivity contribution >= 4 is 17.9 Å². The zero-order valence-electron chi connectivity index (χ0n) is 18.6. The SMILES string of the molecule is CC(C)C(=O)OC[C@H]1O[C@@H](n2cccnc2=O)C(OC(=O)C(C)C)[C@H]1OC(=O)C(C)C. The number of ether oxygens (including phenoxy) is 4. The maximum atomic E-state index is 12.4. The van der Waals surface area contributed by atoms with Crippen molar-refractivity contribution in [3.05, 3.63) is 28.9 Å². The standard InChI is InChI=1S/C21H30N2O8/c1-11(2)18(24)28-10-14-15(30-19(25)12(3)4)16(31-20(26)13(5)6)17(29-14)23-9-7-8-22-21(23)27/h7-9,11-17H,10H2,1-6H3/t14-,15+,16?,17-/m1/s1. The van der Waals surface area contributed by atoms with Crippen molar-refractivity contribution in [1.82, 2.24) is 9.55 Å². The number of hydrogen-bond acceptors (Lipinski definition) is 9. The number of aromatic nitrogens is 2. The van der Waals surface area contributed by atoms with E-state index in [-0.39, 0.29) is 12.5 Å². The average Bonchev–Trinajstić information content (AvgIpc) is 3.03. The Balaban J connectivity index is 2.42. The maximum Gasteiger partial charge on any atom is 0.349 e. The van der Waals surface area contributed by atoms with Crippen LogP contribution in [-0.2, 0) is 33.3 Å². The molecule has 1 aliphatic heterocycles. The van der Waals surface area contributed by atoms with Crippen molar-refractivity contribution < 1.29 is 33.3 Å². The number of nitrogens with zero attached hydrogens (tertiary/aromatic N) is 2. The second kappa shape index (κ2) is 10.5. The van der Waals surface area contributed by atoms with Crippen molar-refractivity contribution in [1.29, 1.82) is 0 Å². The molecule has 1 saturated heterocycles. The van der Waals surface area contributed by atoms with Crippen molar-refractivity contribution in [2.24, 2.45) is 17.8 Å². The Morgan fingerprint density at radius 3 is 2.03 bits per heavy atom. The molecule has 2 heterocycles. The van der Waals surface area contributed by atoms with Crippen molar-refractivity contribution in [2.45, 2.75) is 66.1 Å². The molecule has 0 spiro atoms. The van der Waals surface area contributed by atoms with Gasteiger partial charge >= 0.3 is 23.6 Å². The molecule has 0 aliphatic carbocycles. The molecule has 10 heteroatoms. The summed E-state index contributed by atoms with van der Waals surface area (Å²) in [6, 6.07) is 1.52. The zero-order valence-corrected chi connectivity index (χ0v) is 18.6. The lowest BCUT2D eigenvalue weighted by Gasteiger charge is -2.26. The van der Waals surface area contributed by atoms with Crippen molar-refractivity contribution in [3.8, 4) is 0 Å². The van der Waals surface area contributed by atoms with Gasteiger partial charge in [0, 0.05) is 12.4 Å². The van der Waals surface area contributed by atoms with Gasteiger partial charge in [0.1, 0.15) is 12.7 Å². The summed E-state index contributed by atoms with van der Waals surface area (Å²) in [5, 5.41) is 0. The Kier molecular flexibility index (Phi) is 8.32. The molecule has 4 atom stereocenters. The molecular formula is C21H30N2O8. The van der Waals surface area contributed by atoms with Crippen LogP contribution < -0.4 is 5.69 Å². The Hall–Kier alpha value is -2.75. The van der Waals surface area contributed by atoms with Gasteiger partial charge in [0.15, 0.2) is 18.4 Å². The minimum absolute atomic E-state index is 0.242. The van der Waals surface area contributed by atoms with Gasteiger partial charge in [0.05, 0.1) is 17.8 Å². The molecule has 172 valence electrons. The highest BCUT2D eigenvalue weighted by molar-refractivity contribution is 5.73. The number of carbonyl (C=O) groups excluding carboxylic acids is 3. The van der Waals surface area contributed by atoms with E-state index >= 15 is 0 Å². The highest BCUT2D eigenvalue weighted by atomic mass is 16.7. The van der Waals surface area contributed by atoms with E-state index in [1.807, 2.05) is 0 Å². The van der Waals surface area contributed by atoms with Gasteiger partial charge in [-0.15, -0.1) is 0 Å². The van der Waals surface area contributed by atoms with Crippen LogP contribution in [0.2, 0.25) is 0 Å². The Morgan fingerprint density at radius 1 is 0.968 bits per heavy atom. The predicted octanol–water partition coefficient (Wildman–Crippen LogP) is 1.48. The van der Waals surface area contributed by atoms with E-state index in [0.29, 0.717) is 0 Å². The largest absolute Gasteiger partial charge is 0.463 e. The molecule has 0 amide bonds. The third kappa shape index (κ3) is 6.13.